The molecule has 1 aliphatic heterocycles. The van der Waals surface area contributed by atoms with Crippen molar-refractivity contribution >= 4 is 23.3 Å². The molecule has 0 N–H and O–H groups in total. The van der Waals surface area contributed by atoms with Gasteiger partial charge < -0.3 is 9.80 Å². The molecule has 1 aliphatic rings. The summed E-state index contributed by atoms with van der Waals surface area (Å²) in [6.45, 7) is 5.80. The van der Waals surface area contributed by atoms with Crippen molar-refractivity contribution in [2.24, 2.45) is 0 Å². The van der Waals surface area contributed by atoms with Crippen molar-refractivity contribution < 1.29 is 9.59 Å². The van der Waals surface area contributed by atoms with E-state index < -0.39 is 6.04 Å². The molecule has 1 aromatic carbocycles. The summed E-state index contributed by atoms with van der Waals surface area (Å²) in [6.07, 6.45) is 5.60. The maximum Gasteiger partial charge on any atom is 0.268 e. The second-order valence-electron chi connectivity index (χ2n) is 7.88. The average molecular weight is 450 g/mol. The van der Waals surface area contributed by atoms with E-state index in [1.54, 1.807) is 11.1 Å². The standard InChI is InChI=1S/C24H27N5O2S/c1-3-12-28-13-14-29(24(31)22-20(4-2)26-27-32-22)21(23(28)30)15-17-7-9-18(10-8-17)19-6-5-11-25-16-19/h5-11,16,21H,3-4,12-15H2,1-2H3/t21-/m1/s1. The van der Waals surface area contributed by atoms with E-state index in [-0.39, 0.29) is 11.8 Å². The van der Waals surface area contributed by atoms with Gasteiger partial charge in [0.1, 0.15) is 10.9 Å². The molecule has 1 fully saturated rings. The lowest BCUT2D eigenvalue weighted by Gasteiger charge is -2.40. The minimum atomic E-state index is -0.529. The topological polar surface area (TPSA) is 79.3 Å². The molecule has 0 spiro atoms. The zero-order chi connectivity index (χ0) is 22.5. The predicted octanol–water partition coefficient (Wildman–Crippen LogP) is 3.47. The van der Waals surface area contributed by atoms with Crippen LogP contribution >= 0.6 is 11.5 Å². The summed E-state index contributed by atoms with van der Waals surface area (Å²) in [7, 11) is 0. The fourth-order valence-corrected chi connectivity index (χ4v) is 4.80. The summed E-state index contributed by atoms with van der Waals surface area (Å²) in [5, 5.41) is 4.08. The van der Waals surface area contributed by atoms with E-state index in [1.807, 2.05) is 54.4 Å². The third-order valence-electron chi connectivity index (χ3n) is 5.80. The van der Waals surface area contributed by atoms with Gasteiger partial charge in [0.05, 0.1) is 5.69 Å². The van der Waals surface area contributed by atoms with Gasteiger partial charge >= 0.3 is 0 Å². The SMILES string of the molecule is CCCN1CCN(C(=O)c2snnc2CC)[C@H](Cc2ccc(-c3cccnc3)cc2)C1=O. The van der Waals surface area contributed by atoms with Crippen LogP contribution in [0.25, 0.3) is 11.1 Å². The molecule has 0 saturated carbocycles. The smallest absolute Gasteiger partial charge is 0.268 e. The van der Waals surface area contributed by atoms with E-state index >= 15 is 0 Å². The molecular weight excluding hydrogens is 422 g/mol. The highest BCUT2D eigenvalue weighted by Crippen LogP contribution is 2.24. The van der Waals surface area contributed by atoms with Crippen LogP contribution in [-0.4, -0.2) is 61.9 Å². The molecule has 0 aliphatic carbocycles. The van der Waals surface area contributed by atoms with E-state index in [2.05, 4.69) is 21.5 Å². The Balaban J connectivity index is 1.59. The van der Waals surface area contributed by atoms with Crippen LogP contribution in [0.4, 0.5) is 0 Å². The maximum absolute atomic E-state index is 13.4. The molecule has 0 unspecified atom stereocenters. The Bertz CT molecular complexity index is 1070. The number of nitrogens with zero attached hydrogens (tertiary/aromatic N) is 5. The van der Waals surface area contributed by atoms with Gasteiger partial charge in [-0.05, 0) is 47.1 Å². The fourth-order valence-electron chi connectivity index (χ4n) is 4.09. The van der Waals surface area contributed by atoms with Gasteiger partial charge in [-0.15, -0.1) is 5.10 Å². The molecule has 2 aromatic heterocycles. The lowest BCUT2D eigenvalue weighted by molar-refractivity contribution is -0.140. The normalized spacial score (nSPS) is 16.4. The number of carbonyl (C=O) groups is 2. The Morgan fingerprint density at radius 2 is 1.94 bits per heavy atom. The van der Waals surface area contributed by atoms with Gasteiger partial charge in [0.25, 0.3) is 5.91 Å². The second kappa shape index (κ2) is 9.99. The summed E-state index contributed by atoms with van der Waals surface area (Å²) in [4.78, 5) is 35.0. The number of amides is 2. The number of piperazine rings is 1. The molecule has 32 heavy (non-hydrogen) atoms. The fraction of sp³-hybridized carbons (Fsp3) is 0.375. The van der Waals surface area contributed by atoms with Gasteiger partial charge in [-0.2, -0.15) is 0 Å². The third kappa shape index (κ3) is 4.55. The first-order chi connectivity index (χ1) is 15.6. The van der Waals surface area contributed by atoms with Crippen LogP contribution in [0, 0.1) is 0 Å². The van der Waals surface area contributed by atoms with Crippen molar-refractivity contribution in [2.45, 2.75) is 39.2 Å². The molecule has 0 bridgehead atoms. The quantitative estimate of drug-likeness (QED) is 0.552. The van der Waals surface area contributed by atoms with Crippen LogP contribution in [0.2, 0.25) is 0 Å². The van der Waals surface area contributed by atoms with Crippen molar-refractivity contribution in [1.82, 2.24) is 24.4 Å². The lowest BCUT2D eigenvalue weighted by Crippen LogP contribution is -2.59. The van der Waals surface area contributed by atoms with E-state index in [9.17, 15) is 9.59 Å². The number of aromatic nitrogens is 3. The Labute approximate surface area is 192 Å². The molecule has 4 rings (SSSR count). The number of benzene rings is 1. The van der Waals surface area contributed by atoms with Gasteiger partial charge in [0.2, 0.25) is 5.91 Å². The first kappa shape index (κ1) is 22.1. The van der Waals surface area contributed by atoms with Crippen molar-refractivity contribution in [3.8, 4) is 11.1 Å². The number of carbonyl (C=O) groups excluding carboxylic acids is 2. The van der Waals surface area contributed by atoms with Gasteiger partial charge in [0.15, 0.2) is 0 Å². The van der Waals surface area contributed by atoms with Crippen molar-refractivity contribution in [2.75, 3.05) is 19.6 Å². The Morgan fingerprint density at radius 1 is 1.12 bits per heavy atom. The zero-order valence-corrected chi connectivity index (χ0v) is 19.2. The molecule has 0 radical (unpaired) electrons. The average Bonchev–Trinajstić information content (AvgIpc) is 3.31. The predicted molar refractivity (Wildman–Crippen MR) is 124 cm³/mol. The van der Waals surface area contributed by atoms with Crippen molar-refractivity contribution in [3.05, 3.63) is 64.9 Å². The minimum Gasteiger partial charge on any atom is -0.339 e. The molecule has 1 saturated heterocycles. The van der Waals surface area contributed by atoms with Gasteiger partial charge in [-0.3, -0.25) is 14.6 Å². The minimum absolute atomic E-state index is 0.0123. The first-order valence-electron chi connectivity index (χ1n) is 11.0. The Hall–Kier alpha value is -3.13. The monoisotopic (exact) mass is 449 g/mol. The molecule has 2 amide bonds. The zero-order valence-electron chi connectivity index (χ0n) is 18.4. The van der Waals surface area contributed by atoms with Crippen LogP contribution in [-0.2, 0) is 17.6 Å². The van der Waals surface area contributed by atoms with E-state index in [0.717, 1.165) is 34.6 Å². The highest BCUT2D eigenvalue weighted by Gasteiger charge is 2.38. The second-order valence-corrected chi connectivity index (χ2v) is 8.64. The lowest BCUT2D eigenvalue weighted by atomic mass is 9.98. The molecule has 1 atom stereocenters. The van der Waals surface area contributed by atoms with Crippen LogP contribution in [0.3, 0.4) is 0 Å². The highest BCUT2D eigenvalue weighted by atomic mass is 32.1. The number of hydrogen-bond donors (Lipinski definition) is 0. The van der Waals surface area contributed by atoms with Gasteiger partial charge in [0, 0.05) is 38.4 Å². The Morgan fingerprint density at radius 3 is 2.62 bits per heavy atom. The number of hydrogen-bond acceptors (Lipinski definition) is 6. The van der Waals surface area contributed by atoms with Crippen molar-refractivity contribution in [1.29, 1.82) is 0 Å². The van der Waals surface area contributed by atoms with Crippen LogP contribution in [0.15, 0.2) is 48.8 Å². The summed E-state index contributed by atoms with van der Waals surface area (Å²) >= 11 is 1.11. The van der Waals surface area contributed by atoms with Gasteiger partial charge in [-0.1, -0.05) is 48.7 Å². The highest BCUT2D eigenvalue weighted by molar-refractivity contribution is 7.08. The van der Waals surface area contributed by atoms with Gasteiger partial charge in [-0.25, -0.2) is 0 Å². The van der Waals surface area contributed by atoms with Crippen LogP contribution in [0.5, 0.6) is 0 Å². The molecule has 7 nitrogen and oxygen atoms in total. The molecule has 8 heteroatoms. The third-order valence-corrected chi connectivity index (χ3v) is 6.56. The molecule has 166 valence electrons. The number of pyridine rings is 1. The Kier molecular flexibility index (Phi) is 6.90. The van der Waals surface area contributed by atoms with Crippen LogP contribution in [0.1, 0.15) is 41.2 Å². The largest absolute Gasteiger partial charge is 0.339 e. The van der Waals surface area contributed by atoms with E-state index in [4.69, 9.17) is 0 Å². The molecule has 3 aromatic rings. The number of aryl methyl sites for hydroxylation is 1. The number of rotatable bonds is 7. The van der Waals surface area contributed by atoms with Crippen LogP contribution < -0.4 is 0 Å². The first-order valence-corrected chi connectivity index (χ1v) is 11.8. The van der Waals surface area contributed by atoms with E-state index in [0.29, 0.717) is 43.0 Å². The van der Waals surface area contributed by atoms with E-state index in [1.165, 1.54) is 0 Å². The summed E-state index contributed by atoms with van der Waals surface area (Å²) < 4.78 is 3.96. The summed E-state index contributed by atoms with van der Waals surface area (Å²) in [5.41, 5.74) is 3.83. The molecule has 3 heterocycles. The summed E-state index contributed by atoms with van der Waals surface area (Å²) in [6, 6.07) is 11.5. The molecular formula is C24H27N5O2S. The summed E-state index contributed by atoms with van der Waals surface area (Å²) in [5.74, 6) is -0.128. The van der Waals surface area contributed by atoms with Crippen molar-refractivity contribution in [3.63, 3.8) is 0 Å². The maximum atomic E-state index is 13.4.